The summed E-state index contributed by atoms with van der Waals surface area (Å²) in [6.07, 6.45) is 0. The first-order valence-corrected chi connectivity index (χ1v) is 7.48. The van der Waals surface area contributed by atoms with Crippen molar-refractivity contribution >= 4 is 40.3 Å². The molecular formula is C16H11Cl2NO4. The Bertz CT molecular complexity index is 929. The molecule has 0 saturated heterocycles. The molecule has 0 aliphatic carbocycles. The number of rotatable bonds is 4. The molecule has 3 aromatic rings. The van der Waals surface area contributed by atoms with Gasteiger partial charge in [-0.05, 0) is 29.8 Å². The summed E-state index contributed by atoms with van der Waals surface area (Å²) in [6.45, 7) is -0.183. The van der Waals surface area contributed by atoms with Gasteiger partial charge >= 0.3 is 11.7 Å². The maximum atomic E-state index is 11.9. The highest BCUT2D eigenvalue weighted by atomic mass is 35.5. The van der Waals surface area contributed by atoms with Gasteiger partial charge in [-0.15, -0.1) is 0 Å². The Morgan fingerprint density at radius 3 is 2.70 bits per heavy atom. The lowest BCUT2D eigenvalue weighted by atomic mass is 10.2. The third kappa shape index (κ3) is 3.41. The van der Waals surface area contributed by atoms with Crippen LogP contribution in [0.3, 0.4) is 0 Å². The molecule has 0 aliphatic heterocycles. The van der Waals surface area contributed by atoms with Gasteiger partial charge in [0.2, 0.25) is 0 Å². The van der Waals surface area contributed by atoms with Crippen molar-refractivity contribution in [1.29, 1.82) is 0 Å². The lowest BCUT2D eigenvalue weighted by Gasteiger charge is -2.06. The van der Waals surface area contributed by atoms with Crippen molar-refractivity contribution in [2.45, 2.75) is 13.2 Å². The van der Waals surface area contributed by atoms with Crippen molar-refractivity contribution in [3.63, 3.8) is 0 Å². The normalized spacial score (nSPS) is 10.9. The van der Waals surface area contributed by atoms with Crippen LogP contribution in [-0.2, 0) is 22.7 Å². The summed E-state index contributed by atoms with van der Waals surface area (Å²) >= 11 is 11.7. The topological polar surface area (TPSA) is 61.4 Å². The molecule has 7 heteroatoms. The van der Waals surface area contributed by atoms with E-state index in [1.54, 1.807) is 42.5 Å². The number of carbonyl (C=O) groups is 1. The number of benzene rings is 2. The highest BCUT2D eigenvalue weighted by molar-refractivity contribution is 6.42. The number of hydrogen-bond donors (Lipinski definition) is 0. The number of oxazole rings is 1. The van der Waals surface area contributed by atoms with E-state index in [2.05, 4.69) is 0 Å². The Morgan fingerprint density at radius 2 is 1.91 bits per heavy atom. The molecule has 0 bridgehead atoms. The maximum absolute atomic E-state index is 11.9. The number of halogens is 2. The number of esters is 1. The second-order valence-corrected chi connectivity index (χ2v) is 5.65. The van der Waals surface area contributed by atoms with Crippen LogP contribution in [0.2, 0.25) is 10.0 Å². The van der Waals surface area contributed by atoms with Gasteiger partial charge in [-0.2, -0.15) is 0 Å². The van der Waals surface area contributed by atoms with Crippen LogP contribution in [0.4, 0.5) is 0 Å². The van der Waals surface area contributed by atoms with Gasteiger partial charge in [0, 0.05) is 0 Å². The Labute approximate surface area is 141 Å². The monoisotopic (exact) mass is 351 g/mol. The summed E-state index contributed by atoms with van der Waals surface area (Å²) in [5.74, 6) is -1.15. The predicted octanol–water partition coefficient (Wildman–Crippen LogP) is 3.64. The summed E-state index contributed by atoms with van der Waals surface area (Å²) in [5, 5.41) is 0.815. The molecule has 0 aliphatic rings. The van der Waals surface area contributed by atoms with Gasteiger partial charge in [-0.1, -0.05) is 41.4 Å². The first kappa shape index (κ1) is 15.6. The van der Waals surface area contributed by atoms with E-state index < -0.39 is 11.7 Å². The fourth-order valence-electron chi connectivity index (χ4n) is 2.13. The maximum Gasteiger partial charge on any atom is 0.420 e. The van der Waals surface area contributed by atoms with E-state index in [1.807, 2.05) is 0 Å². The van der Waals surface area contributed by atoms with Crippen molar-refractivity contribution in [3.05, 3.63) is 68.6 Å². The Balaban J connectivity index is 1.70. The van der Waals surface area contributed by atoms with E-state index in [9.17, 15) is 9.59 Å². The zero-order chi connectivity index (χ0) is 16.4. The molecule has 118 valence electrons. The predicted molar refractivity (Wildman–Crippen MR) is 86.7 cm³/mol. The zero-order valence-electron chi connectivity index (χ0n) is 11.8. The van der Waals surface area contributed by atoms with E-state index in [4.69, 9.17) is 32.4 Å². The Hall–Kier alpha value is -2.24. The standard InChI is InChI=1S/C16H11Cl2NO4/c17-11-6-5-10(7-12(11)18)9-22-15(20)8-19-13-3-1-2-4-14(13)23-16(19)21/h1-7H,8-9H2. The lowest BCUT2D eigenvalue weighted by molar-refractivity contribution is -0.145. The van der Waals surface area contributed by atoms with E-state index in [0.717, 1.165) is 0 Å². The molecule has 0 saturated carbocycles. The lowest BCUT2D eigenvalue weighted by Crippen LogP contribution is -2.21. The summed E-state index contributed by atoms with van der Waals surface area (Å²) in [5.41, 5.74) is 1.68. The number of hydrogen-bond acceptors (Lipinski definition) is 4. The average molecular weight is 352 g/mol. The van der Waals surface area contributed by atoms with Crippen LogP contribution < -0.4 is 5.76 Å². The molecule has 0 radical (unpaired) electrons. The number of carbonyl (C=O) groups excluding carboxylic acids is 1. The number of fused-ring (bicyclic) bond motifs is 1. The Kier molecular flexibility index (Phi) is 4.41. The highest BCUT2D eigenvalue weighted by Gasteiger charge is 2.13. The minimum absolute atomic E-state index is 0.0419. The van der Waals surface area contributed by atoms with Crippen LogP contribution in [0.15, 0.2) is 51.7 Å². The minimum Gasteiger partial charge on any atom is -0.459 e. The largest absolute Gasteiger partial charge is 0.459 e. The van der Waals surface area contributed by atoms with Gasteiger partial charge in [-0.3, -0.25) is 9.36 Å². The fourth-order valence-corrected chi connectivity index (χ4v) is 2.45. The SMILES string of the molecule is O=C(Cn1c(=O)oc2ccccc21)OCc1ccc(Cl)c(Cl)c1. The Morgan fingerprint density at radius 1 is 1.13 bits per heavy atom. The van der Waals surface area contributed by atoms with Crippen molar-refractivity contribution in [2.24, 2.45) is 0 Å². The molecular weight excluding hydrogens is 341 g/mol. The molecule has 0 amide bonds. The van der Waals surface area contributed by atoms with Crippen LogP contribution in [0.1, 0.15) is 5.56 Å². The molecule has 23 heavy (non-hydrogen) atoms. The average Bonchev–Trinajstić information content (AvgIpc) is 2.84. The van der Waals surface area contributed by atoms with Gasteiger partial charge in [0.25, 0.3) is 0 Å². The summed E-state index contributed by atoms with van der Waals surface area (Å²) in [7, 11) is 0. The molecule has 0 N–H and O–H groups in total. The molecule has 0 spiro atoms. The van der Waals surface area contributed by atoms with Crippen LogP contribution in [0.5, 0.6) is 0 Å². The molecule has 0 fully saturated rings. The zero-order valence-corrected chi connectivity index (χ0v) is 13.3. The van der Waals surface area contributed by atoms with E-state index >= 15 is 0 Å². The fraction of sp³-hybridized carbons (Fsp3) is 0.125. The van der Waals surface area contributed by atoms with Crippen molar-refractivity contribution < 1.29 is 13.9 Å². The molecule has 1 aromatic heterocycles. The summed E-state index contributed by atoms with van der Waals surface area (Å²) in [4.78, 5) is 23.7. The number of para-hydroxylation sites is 2. The highest BCUT2D eigenvalue weighted by Crippen LogP contribution is 2.23. The van der Waals surface area contributed by atoms with Crippen molar-refractivity contribution in [2.75, 3.05) is 0 Å². The second-order valence-electron chi connectivity index (χ2n) is 4.83. The second kappa shape index (κ2) is 6.48. The van der Waals surface area contributed by atoms with Crippen LogP contribution in [-0.4, -0.2) is 10.5 Å². The molecule has 3 rings (SSSR count). The number of aromatic nitrogens is 1. The van der Waals surface area contributed by atoms with Crippen molar-refractivity contribution in [3.8, 4) is 0 Å². The van der Waals surface area contributed by atoms with Gasteiger partial charge in [0.15, 0.2) is 5.58 Å². The molecule has 5 nitrogen and oxygen atoms in total. The van der Waals surface area contributed by atoms with Gasteiger partial charge in [-0.25, -0.2) is 4.79 Å². The van der Waals surface area contributed by atoms with E-state index in [0.29, 0.717) is 26.7 Å². The summed E-state index contributed by atoms with van der Waals surface area (Å²) < 4.78 is 11.4. The van der Waals surface area contributed by atoms with Gasteiger partial charge in [0.05, 0.1) is 15.6 Å². The summed E-state index contributed by atoms with van der Waals surface area (Å²) in [6, 6.07) is 11.8. The third-order valence-electron chi connectivity index (χ3n) is 3.24. The van der Waals surface area contributed by atoms with Crippen LogP contribution >= 0.6 is 23.2 Å². The first-order valence-electron chi connectivity index (χ1n) is 6.72. The van der Waals surface area contributed by atoms with Crippen LogP contribution in [0, 0.1) is 0 Å². The number of nitrogens with zero attached hydrogens (tertiary/aromatic N) is 1. The minimum atomic E-state index is -0.599. The van der Waals surface area contributed by atoms with Crippen molar-refractivity contribution in [1.82, 2.24) is 4.57 Å². The molecule has 0 atom stereocenters. The number of ether oxygens (including phenoxy) is 1. The quantitative estimate of drug-likeness (QED) is 0.673. The third-order valence-corrected chi connectivity index (χ3v) is 3.98. The molecule has 1 heterocycles. The van der Waals surface area contributed by atoms with Gasteiger partial charge in [0.1, 0.15) is 13.2 Å². The van der Waals surface area contributed by atoms with E-state index in [-0.39, 0.29) is 13.2 Å². The van der Waals surface area contributed by atoms with E-state index in [1.165, 1.54) is 4.57 Å². The van der Waals surface area contributed by atoms with Gasteiger partial charge < -0.3 is 9.15 Å². The molecule has 2 aromatic carbocycles. The van der Waals surface area contributed by atoms with Crippen LogP contribution in [0.25, 0.3) is 11.1 Å². The smallest absolute Gasteiger partial charge is 0.420 e. The molecule has 0 unspecified atom stereocenters. The first-order chi connectivity index (χ1) is 11.0.